The number of aryl methyl sites for hydroxylation is 1. The number of benzene rings is 1. The summed E-state index contributed by atoms with van der Waals surface area (Å²) in [6, 6.07) is 8.57. The van der Waals surface area contributed by atoms with Crippen LogP contribution in [0.25, 0.3) is 6.08 Å². The molecule has 142 valence electrons. The summed E-state index contributed by atoms with van der Waals surface area (Å²) in [6.07, 6.45) is 5.57. The van der Waals surface area contributed by atoms with Gasteiger partial charge in [-0.2, -0.15) is 0 Å². The Kier molecular flexibility index (Phi) is 6.70. The third kappa shape index (κ3) is 5.21. The van der Waals surface area contributed by atoms with Crippen molar-refractivity contribution in [1.82, 2.24) is 5.32 Å². The highest BCUT2D eigenvalue weighted by Crippen LogP contribution is 2.38. The Bertz CT molecular complexity index is 634. The van der Waals surface area contributed by atoms with E-state index in [1.807, 2.05) is 27.7 Å². The van der Waals surface area contributed by atoms with Crippen LogP contribution in [-0.4, -0.2) is 30.8 Å². The van der Waals surface area contributed by atoms with Gasteiger partial charge in [0.25, 0.3) is 0 Å². The van der Waals surface area contributed by atoms with Gasteiger partial charge in [0.05, 0.1) is 11.2 Å². The number of hydrogen-bond acceptors (Lipinski definition) is 3. The summed E-state index contributed by atoms with van der Waals surface area (Å²) >= 11 is 0. The molecule has 0 aromatic heterocycles. The lowest BCUT2D eigenvalue weighted by molar-refractivity contribution is -0.118. The Morgan fingerprint density at radius 1 is 1.12 bits per heavy atom. The summed E-state index contributed by atoms with van der Waals surface area (Å²) < 4.78 is 12.3. The van der Waals surface area contributed by atoms with Gasteiger partial charge in [-0.25, -0.2) is 0 Å². The van der Waals surface area contributed by atoms with E-state index in [1.165, 1.54) is 25.3 Å². The summed E-state index contributed by atoms with van der Waals surface area (Å²) in [5, 5.41) is 2.87. The van der Waals surface area contributed by atoms with E-state index in [2.05, 4.69) is 42.6 Å². The largest absolute Gasteiger partial charge is 0.492 e. The minimum Gasteiger partial charge on any atom is -0.400 e. The molecule has 0 unspecified atom stereocenters. The first kappa shape index (κ1) is 20.7. The second-order valence-corrected chi connectivity index (χ2v) is 8.06. The van der Waals surface area contributed by atoms with Crippen LogP contribution in [0.4, 0.5) is 0 Å². The standard InChI is InChI=1S/C21H32BNO3/c1-7-8-9-17-10-12-18(13-11-17)14-19(15-23-16(2)24)22-25-20(3,4)21(5,6)26-22/h10-14H,7-9,15H2,1-6H3,(H,23,24). The molecule has 1 heterocycles. The Morgan fingerprint density at radius 3 is 2.19 bits per heavy atom. The lowest BCUT2D eigenvalue weighted by atomic mass is 9.77. The van der Waals surface area contributed by atoms with Gasteiger partial charge in [0, 0.05) is 13.5 Å². The Labute approximate surface area is 158 Å². The van der Waals surface area contributed by atoms with Gasteiger partial charge < -0.3 is 14.6 Å². The summed E-state index contributed by atoms with van der Waals surface area (Å²) in [4.78, 5) is 11.4. The van der Waals surface area contributed by atoms with Crippen LogP contribution in [0.15, 0.2) is 29.7 Å². The van der Waals surface area contributed by atoms with Gasteiger partial charge in [-0.1, -0.05) is 43.7 Å². The van der Waals surface area contributed by atoms with Gasteiger partial charge in [0.2, 0.25) is 5.91 Å². The molecule has 1 aliphatic heterocycles. The molecule has 1 aromatic carbocycles. The molecule has 1 N–H and O–H groups in total. The molecule has 4 nitrogen and oxygen atoms in total. The molecular formula is C21H32BNO3. The molecule has 2 rings (SSSR count). The Hall–Kier alpha value is -1.59. The highest BCUT2D eigenvalue weighted by atomic mass is 16.7. The number of carbonyl (C=O) groups excluding carboxylic acids is 1. The van der Waals surface area contributed by atoms with Gasteiger partial charge in [-0.3, -0.25) is 4.79 Å². The topological polar surface area (TPSA) is 47.6 Å². The van der Waals surface area contributed by atoms with E-state index in [0.717, 1.165) is 17.5 Å². The number of amides is 1. The van der Waals surface area contributed by atoms with E-state index in [4.69, 9.17) is 9.31 Å². The van der Waals surface area contributed by atoms with Crippen molar-refractivity contribution in [2.75, 3.05) is 6.54 Å². The molecule has 0 spiro atoms. The summed E-state index contributed by atoms with van der Waals surface area (Å²) in [6.45, 7) is 12.3. The first-order chi connectivity index (χ1) is 12.1. The number of hydrogen-bond donors (Lipinski definition) is 1. The molecule has 26 heavy (non-hydrogen) atoms. The first-order valence-electron chi connectivity index (χ1n) is 9.54. The van der Waals surface area contributed by atoms with Gasteiger partial charge in [0.1, 0.15) is 0 Å². The third-order valence-corrected chi connectivity index (χ3v) is 5.25. The molecule has 1 saturated heterocycles. The van der Waals surface area contributed by atoms with E-state index in [1.54, 1.807) is 0 Å². The van der Waals surface area contributed by atoms with Crippen LogP contribution in [0.3, 0.4) is 0 Å². The van der Waals surface area contributed by atoms with Crippen molar-refractivity contribution in [3.63, 3.8) is 0 Å². The fourth-order valence-corrected chi connectivity index (χ4v) is 2.80. The van der Waals surface area contributed by atoms with Gasteiger partial charge in [-0.15, -0.1) is 0 Å². The van der Waals surface area contributed by atoms with Crippen LogP contribution < -0.4 is 5.32 Å². The maximum atomic E-state index is 11.4. The highest BCUT2D eigenvalue weighted by molar-refractivity contribution is 6.56. The van der Waals surface area contributed by atoms with E-state index < -0.39 is 18.3 Å². The Balaban J connectivity index is 2.21. The quantitative estimate of drug-likeness (QED) is 0.745. The molecule has 1 aliphatic rings. The normalized spacial score (nSPS) is 18.8. The third-order valence-electron chi connectivity index (χ3n) is 5.25. The Morgan fingerprint density at radius 2 is 1.69 bits per heavy atom. The maximum absolute atomic E-state index is 11.4. The van der Waals surface area contributed by atoms with Crippen LogP contribution in [0.1, 0.15) is 65.5 Å². The van der Waals surface area contributed by atoms with Crippen molar-refractivity contribution >= 4 is 19.1 Å². The zero-order valence-corrected chi connectivity index (χ0v) is 17.0. The zero-order chi connectivity index (χ0) is 19.4. The molecule has 0 saturated carbocycles. The molecule has 0 radical (unpaired) electrons. The van der Waals surface area contributed by atoms with Crippen molar-refractivity contribution in [2.45, 2.75) is 72.0 Å². The van der Waals surface area contributed by atoms with Crippen molar-refractivity contribution in [3.05, 3.63) is 40.9 Å². The second-order valence-electron chi connectivity index (χ2n) is 8.06. The van der Waals surface area contributed by atoms with Crippen LogP contribution in [0.2, 0.25) is 0 Å². The molecular weight excluding hydrogens is 325 g/mol. The number of nitrogens with one attached hydrogen (secondary N) is 1. The van der Waals surface area contributed by atoms with E-state index in [0.29, 0.717) is 6.54 Å². The molecule has 0 bridgehead atoms. The van der Waals surface area contributed by atoms with Crippen LogP contribution in [0, 0.1) is 0 Å². The van der Waals surface area contributed by atoms with Crippen molar-refractivity contribution in [1.29, 1.82) is 0 Å². The first-order valence-corrected chi connectivity index (χ1v) is 9.54. The van der Waals surface area contributed by atoms with E-state index >= 15 is 0 Å². The average Bonchev–Trinajstić information content (AvgIpc) is 2.78. The lowest BCUT2D eigenvalue weighted by Gasteiger charge is -2.32. The molecule has 0 aliphatic carbocycles. The fourth-order valence-electron chi connectivity index (χ4n) is 2.80. The summed E-state index contributed by atoms with van der Waals surface area (Å²) in [5.41, 5.74) is 2.54. The van der Waals surface area contributed by atoms with Gasteiger partial charge in [-0.05, 0) is 57.1 Å². The van der Waals surface area contributed by atoms with Crippen LogP contribution in [-0.2, 0) is 20.5 Å². The average molecular weight is 357 g/mol. The number of rotatable bonds is 7. The summed E-state index contributed by atoms with van der Waals surface area (Å²) in [7, 11) is -0.466. The molecule has 1 fully saturated rings. The predicted molar refractivity (Wildman–Crippen MR) is 108 cm³/mol. The maximum Gasteiger partial charge on any atom is 0.492 e. The predicted octanol–water partition coefficient (Wildman–Crippen LogP) is 4.18. The minimum absolute atomic E-state index is 0.0673. The van der Waals surface area contributed by atoms with Crippen molar-refractivity contribution in [3.8, 4) is 0 Å². The molecule has 1 aromatic rings. The highest BCUT2D eigenvalue weighted by Gasteiger charge is 2.52. The minimum atomic E-state index is -0.466. The van der Waals surface area contributed by atoms with Crippen molar-refractivity contribution < 1.29 is 14.1 Å². The molecule has 0 atom stereocenters. The zero-order valence-electron chi connectivity index (χ0n) is 17.0. The fraction of sp³-hybridized carbons (Fsp3) is 0.571. The molecule has 5 heteroatoms. The van der Waals surface area contributed by atoms with Gasteiger partial charge >= 0.3 is 7.12 Å². The summed E-state index contributed by atoms with van der Waals surface area (Å²) in [5.74, 6) is -0.0673. The molecule has 1 amide bonds. The lowest BCUT2D eigenvalue weighted by Crippen LogP contribution is -2.41. The van der Waals surface area contributed by atoms with E-state index in [9.17, 15) is 4.79 Å². The van der Waals surface area contributed by atoms with E-state index in [-0.39, 0.29) is 5.91 Å². The monoisotopic (exact) mass is 357 g/mol. The number of carbonyl (C=O) groups is 1. The second kappa shape index (κ2) is 8.40. The van der Waals surface area contributed by atoms with Crippen molar-refractivity contribution in [2.24, 2.45) is 0 Å². The van der Waals surface area contributed by atoms with Crippen LogP contribution in [0.5, 0.6) is 0 Å². The smallest absolute Gasteiger partial charge is 0.400 e. The van der Waals surface area contributed by atoms with Gasteiger partial charge in [0.15, 0.2) is 0 Å². The number of unbranched alkanes of at least 4 members (excludes halogenated alkanes) is 1. The van der Waals surface area contributed by atoms with Crippen LogP contribution >= 0.6 is 0 Å². The SMILES string of the molecule is CCCCc1ccc(C=C(CNC(C)=O)B2OC(C)(C)C(C)(C)O2)cc1.